The fraction of sp³-hybridized carbons (Fsp3) is 0.417. The Morgan fingerprint density at radius 3 is 2.56 bits per heavy atom. The van der Waals surface area contributed by atoms with Gasteiger partial charge in [0.05, 0.1) is 10.6 Å². The third-order valence-corrected chi connectivity index (χ3v) is 4.36. The Balaban J connectivity index is 2.15. The molecule has 1 heterocycles. The third-order valence-electron chi connectivity index (χ3n) is 2.96. The molecule has 98 valence electrons. The van der Waals surface area contributed by atoms with E-state index in [1.807, 2.05) is 0 Å². The highest BCUT2D eigenvalue weighted by Gasteiger charge is 2.36. The molecule has 0 atom stereocenters. The summed E-state index contributed by atoms with van der Waals surface area (Å²) in [5.41, 5.74) is 0.410. The predicted molar refractivity (Wildman–Crippen MR) is 69.2 cm³/mol. The van der Waals surface area contributed by atoms with Gasteiger partial charge in [-0.2, -0.15) is 0 Å². The number of amides is 1. The van der Waals surface area contributed by atoms with Crippen molar-refractivity contribution >= 4 is 33.4 Å². The molecule has 0 bridgehead atoms. The first kappa shape index (κ1) is 13.7. The van der Waals surface area contributed by atoms with Crippen molar-refractivity contribution in [2.75, 3.05) is 13.1 Å². The maximum absolute atomic E-state index is 13.0. The molecule has 18 heavy (non-hydrogen) atoms. The van der Waals surface area contributed by atoms with Crippen molar-refractivity contribution in [3.05, 3.63) is 33.3 Å². The van der Waals surface area contributed by atoms with Gasteiger partial charge in [0.15, 0.2) is 0 Å². The van der Waals surface area contributed by atoms with Gasteiger partial charge >= 0.3 is 0 Å². The van der Waals surface area contributed by atoms with Crippen LogP contribution in [0.3, 0.4) is 0 Å². The van der Waals surface area contributed by atoms with E-state index in [0.29, 0.717) is 15.1 Å². The van der Waals surface area contributed by atoms with Crippen molar-refractivity contribution in [3.8, 4) is 0 Å². The second-order valence-electron chi connectivity index (χ2n) is 4.25. The number of carbonyl (C=O) groups excluding carboxylic acids is 1. The minimum absolute atomic E-state index is 0.0742. The summed E-state index contributed by atoms with van der Waals surface area (Å²) in [5, 5.41) is 0.434. The van der Waals surface area contributed by atoms with Crippen LogP contribution in [0.15, 0.2) is 22.7 Å². The molecule has 1 amide bonds. The van der Waals surface area contributed by atoms with Gasteiger partial charge in [0.1, 0.15) is 0 Å². The highest BCUT2D eigenvalue weighted by Crippen LogP contribution is 2.31. The van der Waals surface area contributed by atoms with Crippen LogP contribution < -0.4 is 0 Å². The molecule has 1 aliphatic heterocycles. The van der Waals surface area contributed by atoms with E-state index in [4.69, 9.17) is 11.6 Å². The van der Waals surface area contributed by atoms with Crippen LogP contribution in [0.4, 0.5) is 8.78 Å². The molecule has 0 unspecified atom stereocenters. The molecular weight excluding hydrogens is 327 g/mol. The van der Waals surface area contributed by atoms with Crippen molar-refractivity contribution < 1.29 is 13.6 Å². The molecule has 0 aliphatic carbocycles. The average Bonchev–Trinajstić information content (AvgIpc) is 2.32. The summed E-state index contributed by atoms with van der Waals surface area (Å²) >= 11 is 9.15. The normalized spacial score (nSPS) is 18.8. The van der Waals surface area contributed by atoms with E-state index in [9.17, 15) is 13.6 Å². The lowest BCUT2D eigenvalue weighted by atomic mass is 10.1. The number of halogens is 4. The van der Waals surface area contributed by atoms with Crippen molar-refractivity contribution in [1.29, 1.82) is 0 Å². The second-order valence-corrected chi connectivity index (χ2v) is 5.45. The number of carbonyl (C=O) groups is 1. The third kappa shape index (κ3) is 2.83. The van der Waals surface area contributed by atoms with E-state index in [2.05, 4.69) is 15.9 Å². The maximum Gasteiger partial charge on any atom is 0.255 e. The van der Waals surface area contributed by atoms with Crippen molar-refractivity contribution in [2.24, 2.45) is 0 Å². The minimum atomic E-state index is -2.65. The molecule has 0 radical (unpaired) electrons. The fourth-order valence-corrected chi connectivity index (χ4v) is 2.48. The van der Waals surface area contributed by atoms with Gasteiger partial charge in [-0.05, 0) is 28.1 Å². The highest BCUT2D eigenvalue weighted by atomic mass is 79.9. The molecule has 2 rings (SSSR count). The van der Waals surface area contributed by atoms with Crippen LogP contribution in [0.2, 0.25) is 5.02 Å². The monoisotopic (exact) mass is 337 g/mol. The quantitative estimate of drug-likeness (QED) is 0.758. The standard InChI is InChI=1S/C12H11BrClF2NO/c13-10-8(2-1-3-9(10)14)11(18)17-6-4-12(15,16)5-7-17/h1-3H,4-7H2. The summed E-state index contributed by atoms with van der Waals surface area (Å²) in [6.45, 7) is 0.148. The van der Waals surface area contributed by atoms with E-state index in [1.165, 1.54) is 4.90 Å². The van der Waals surface area contributed by atoms with Crippen LogP contribution in [-0.2, 0) is 0 Å². The molecule has 1 aliphatic rings. The van der Waals surface area contributed by atoms with Gasteiger partial charge in [0.25, 0.3) is 11.8 Å². The van der Waals surface area contributed by atoms with Crippen LogP contribution in [0.1, 0.15) is 23.2 Å². The Morgan fingerprint density at radius 2 is 1.94 bits per heavy atom. The topological polar surface area (TPSA) is 20.3 Å². The summed E-state index contributed by atoms with van der Waals surface area (Å²) < 4.78 is 26.5. The van der Waals surface area contributed by atoms with Crippen molar-refractivity contribution in [2.45, 2.75) is 18.8 Å². The second kappa shape index (κ2) is 5.13. The zero-order valence-corrected chi connectivity index (χ0v) is 11.8. The van der Waals surface area contributed by atoms with Gasteiger partial charge < -0.3 is 4.90 Å². The van der Waals surface area contributed by atoms with Gasteiger partial charge in [-0.1, -0.05) is 17.7 Å². The molecule has 1 aromatic carbocycles. The van der Waals surface area contributed by atoms with Gasteiger partial charge in [0, 0.05) is 30.4 Å². The summed E-state index contributed by atoms with van der Waals surface area (Å²) in [6.07, 6.45) is -0.562. The predicted octanol–water partition coefficient (Wildman–Crippen LogP) is 3.97. The zero-order chi connectivity index (χ0) is 13.3. The Bertz CT molecular complexity index is 471. The SMILES string of the molecule is O=C(c1cccc(Cl)c1Br)N1CCC(F)(F)CC1. The smallest absolute Gasteiger partial charge is 0.255 e. The largest absolute Gasteiger partial charge is 0.338 e. The van der Waals surface area contributed by atoms with Crippen LogP contribution in [0, 0.1) is 0 Å². The number of alkyl halides is 2. The Labute approximate surface area is 117 Å². The molecule has 1 aromatic rings. The van der Waals surface area contributed by atoms with E-state index >= 15 is 0 Å². The first-order chi connectivity index (χ1) is 8.41. The summed E-state index contributed by atoms with van der Waals surface area (Å²) in [4.78, 5) is 13.6. The molecule has 0 N–H and O–H groups in total. The highest BCUT2D eigenvalue weighted by molar-refractivity contribution is 9.10. The van der Waals surface area contributed by atoms with E-state index < -0.39 is 5.92 Å². The first-order valence-electron chi connectivity index (χ1n) is 5.52. The molecule has 1 fully saturated rings. The number of nitrogens with zero attached hydrogens (tertiary/aromatic N) is 1. The van der Waals surface area contributed by atoms with Gasteiger partial charge in [0.2, 0.25) is 0 Å². The Kier molecular flexibility index (Phi) is 3.92. The van der Waals surface area contributed by atoms with Gasteiger partial charge in [-0.25, -0.2) is 8.78 Å². The average molecular weight is 339 g/mol. The lowest BCUT2D eigenvalue weighted by Gasteiger charge is -2.32. The molecule has 1 saturated heterocycles. The number of hydrogen-bond acceptors (Lipinski definition) is 1. The van der Waals surface area contributed by atoms with Gasteiger partial charge in [-0.15, -0.1) is 0 Å². The molecule has 6 heteroatoms. The van der Waals surface area contributed by atoms with E-state index in [1.54, 1.807) is 18.2 Å². The molecule has 2 nitrogen and oxygen atoms in total. The molecular formula is C12H11BrClF2NO. The van der Waals surface area contributed by atoms with Crippen LogP contribution in [0.25, 0.3) is 0 Å². The fourth-order valence-electron chi connectivity index (χ4n) is 1.88. The Morgan fingerprint density at radius 1 is 1.33 bits per heavy atom. The molecule has 0 spiro atoms. The minimum Gasteiger partial charge on any atom is -0.338 e. The summed E-state index contributed by atoms with van der Waals surface area (Å²) in [5.74, 6) is -2.91. The van der Waals surface area contributed by atoms with Crippen LogP contribution in [-0.4, -0.2) is 29.8 Å². The number of likely N-dealkylation sites (tertiary alicyclic amines) is 1. The summed E-state index contributed by atoms with van der Waals surface area (Å²) in [7, 11) is 0. The lowest BCUT2D eigenvalue weighted by molar-refractivity contribution is -0.0494. The van der Waals surface area contributed by atoms with E-state index in [-0.39, 0.29) is 31.8 Å². The molecule has 0 saturated carbocycles. The van der Waals surface area contributed by atoms with Crippen molar-refractivity contribution in [3.63, 3.8) is 0 Å². The van der Waals surface area contributed by atoms with Gasteiger partial charge in [-0.3, -0.25) is 4.79 Å². The van der Waals surface area contributed by atoms with E-state index in [0.717, 1.165) is 0 Å². The number of hydrogen-bond donors (Lipinski definition) is 0. The Hall–Kier alpha value is -0.680. The van der Waals surface area contributed by atoms with Crippen molar-refractivity contribution in [1.82, 2.24) is 4.90 Å². The lowest BCUT2D eigenvalue weighted by Crippen LogP contribution is -2.42. The maximum atomic E-state index is 13.0. The number of benzene rings is 1. The molecule has 0 aromatic heterocycles. The number of piperidine rings is 1. The zero-order valence-electron chi connectivity index (χ0n) is 9.43. The summed E-state index contributed by atoms with van der Waals surface area (Å²) in [6, 6.07) is 4.96. The van der Waals surface area contributed by atoms with Crippen LogP contribution >= 0.6 is 27.5 Å². The van der Waals surface area contributed by atoms with Crippen LogP contribution in [0.5, 0.6) is 0 Å². The number of rotatable bonds is 1. The first-order valence-corrected chi connectivity index (χ1v) is 6.69.